The number of hydrogen-bond acceptors (Lipinski definition) is 1. The molecule has 0 heterocycles. The lowest BCUT2D eigenvalue weighted by molar-refractivity contribution is 1.48. The van der Waals surface area contributed by atoms with Gasteiger partial charge in [0.15, 0.2) is 0 Å². The summed E-state index contributed by atoms with van der Waals surface area (Å²) in [6.45, 7) is 7.04. The van der Waals surface area contributed by atoms with Gasteiger partial charge in [0.25, 0.3) is 0 Å². The molecule has 1 nitrogen and oxygen atoms in total. The standard InChI is InChI=1S/C8H11N/c1-3-5-7-9-8-6-4-2/h3-5,7-8H,1-2,6H2/b7-5-,9-8?. The van der Waals surface area contributed by atoms with Gasteiger partial charge in [0.2, 0.25) is 0 Å². The third-order valence-corrected chi connectivity index (χ3v) is 0.686. The van der Waals surface area contributed by atoms with Crippen LogP contribution in [0.15, 0.2) is 42.6 Å². The first-order chi connectivity index (χ1) is 4.41. The first-order valence-corrected chi connectivity index (χ1v) is 2.82. The molecule has 1 heteroatoms. The largest absolute Gasteiger partial charge is 0.269 e. The second-order valence-corrected chi connectivity index (χ2v) is 1.43. The van der Waals surface area contributed by atoms with E-state index in [1.165, 1.54) is 0 Å². The zero-order chi connectivity index (χ0) is 6.95. The Morgan fingerprint density at radius 1 is 1.33 bits per heavy atom. The minimum absolute atomic E-state index is 0.821. The maximum Gasteiger partial charge on any atom is 0.0263 e. The molecule has 0 aliphatic carbocycles. The fourth-order valence-electron chi connectivity index (χ4n) is 0.307. The maximum atomic E-state index is 3.90. The SMILES string of the molecule is C=C/C=C\N=CCC=C. The van der Waals surface area contributed by atoms with E-state index >= 15 is 0 Å². The molecule has 0 rings (SSSR count). The normalized spacial score (nSPS) is 10.7. The first-order valence-electron chi connectivity index (χ1n) is 2.82. The van der Waals surface area contributed by atoms with Crippen molar-refractivity contribution in [2.24, 2.45) is 4.99 Å². The summed E-state index contributed by atoms with van der Waals surface area (Å²) < 4.78 is 0. The van der Waals surface area contributed by atoms with Gasteiger partial charge in [-0.25, -0.2) is 0 Å². The van der Waals surface area contributed by atoms with Gasteiger partial charge in [0.05, 0.1) is 0 Å². The third kappa shape index (κ3) is 6.89. The molecule has 0 atom stereocenters. The molecule has 0 saturated heterocycles. The van der Waals surface area contributed by atoms with Gasteiger partial charge in [-0.05, 0) is 6.08 Å². The Kier molecular flexibility index (Phi) is 6.04. The number of aliphatic imine (C=N–C) groups is 1. The Morgan fingerprint density at radius 2 is 2.11 bits per heavy atom. The van der Waals surface area contributed by atoms with Crippen molar-refractivity contribution in [2.45, 2.75) is 6.42 Å². The fraction of sp³-hybridized carbons (Fsp3) is 0.125. The van der Waals surface area contributed by atoms with E-state index in [0.717, 1.165) is 6.42 Å². The van der Waals surface area contributed by atoms with Crippen LogP contribution in [0.5, 0.6) is 0 Å². The highest BCUT2D eigenvalue weighted by atomic mass is 14.7. The van der Waals surface area contributed by atoms with Crippen LogP contribution in [0.4, 0.5) is 0 Å². The zero-order valence-electron chi connectivity index (χ0n) is 5.46. The van der Waals surface area contributed by atoms with E-state index < -0.39 is 0 Å². The highest BCUT2D eigenvalue weighted by molar-refractivity contribution is 5.59. The van der Waals surface area contributed by atoms with Crippen molar-refractivity contribution in [1.82, 2.24) is 0 Å². The number of rotatable bonds is 4. The smallest absolute Gasteiger partial charge is 0.0263 e. The van der Waals surface area contributed by atoms with E-state index in [9.17, 15) is 0 Å². The van der Waals surface area contributed by atoms with Gasteiger partial charge in [-0.1, -0.05) is 18.7 Å². The van der Waals surface area contributed by atoms with Gasteiger partial charge in [-0.2, -0.15) is 0 Å². The van der Waals surface area contributed by atoms with Crippen molar-refractivity contribution in [2.75, 3.05) is 0 Å². The minimum atomic E-state index is 0.821. The van der Waals surface area contributed by atoms with E-state index in [1.54, 1.807) is 30.6 Å². The summed E-state index contributed by atoms with van der Waals surface area (Å²) in [6, 6.07) is 0. The molecule has 0 aromatic rings. The Morgan fingerprint density at radius 3 is 2.67 bits per heavy atom. The van der Waals surface area contributed by atoms with Crippen molar-refractivity contribution >= 4 is 6.21 Å². The van der Waals surface area contributed by atoms with Crippen LogP contribution in [-0.2, 0) is 0 Å². The second kappa shape index (κ2) is 6.89. The van der Waals surface area contributed by atoms with E-state index in [0.29, 0.717) is 0 Å². The van der Waals surface area contributed by atoms with Crippen molar-refractivity contribution < 1.29 is 0 Å². The molecule has 9 heavy (non-hydrogen) atoms. The van der Waals surface area contributed by atoms with Crippen LogP contribution in [0.3, 0.4) is 0 Å². The van der Waals surface area contributed by atoms with Crippen LogP contribution < -0.4 is 0 Å². The van der Waals surface area contributed by atoms with Crippen LogP contribution >= 0.6 is 0 Å². The van der Waals surface area contributed by atoms with Crippen molar-refractivity contribution in [3.05, 3.63) is 37.6 Å². The van der Waals surface area contributed by atoms with Crippen LogP contribution in [0.25, 0.3) is 0 Å². The Bertz CT molecular complexity index is 132. The van der Waals surface area contributed by atoms with Gasteiger partial charge in [0, 0.05) is 18.8 Å². The van der Waals surface area contributed by atoms with E-state index in [2.05, 4.69) is 18.2 Å². The molecule has 0 radical (unpaired) electrons. The van der Waals surface area contributed by atoms with Crippen molar-refractivity contribution in [1.29, 1.82) is 0 Å². The second-order valence-electron chi connectivity index (χ2n) is 1.43. The lowest BCUT2D eigenvalue weighted by Crippen LogP contribution is -1.64. The molecular weight excluding hydrogens is 110 g/mol. The topological polar surface area (TPSA) is 12.4 Å². The summed E-state index contributed by atoms with van der Waals surface area (Å²) >= 11 is 0. The number of nitrogens with zero attached hydrogens (tertiary/aromatic N) is 1. The molecule has 0 fully saturated rings. The monoisotopic (exact) mass is 121 g/mol. The van der Waals surface area contributed by atoms with Gasteiger partial charge in [-0.15, -0.1) is 6.58 Å². The molecule has 0 aliphatic heterocycles. The highest BCUT2D eigenvalue weighted by Gasteiger charge is 1.63. The Labute approximate surface area is 56.1 Å². The molecule has 0 N–H and O–H groups in total. The summed E-state index contributed by atoms with van der Waals surface area (Å²) in [5, 5.41) is 0. The number of allylic oxidation sites excluding steroid dienone is 3. The molecule has 0 spiro atoms. The van der Waals surface area contributed by atoms with Crippen LogP contribution in [0.1, 0.15) is 6.42 Å². The first kappa shape index (κ1) is 7.89. The van der Waals surface area contributed by atoms with E-state index in [1.807, 2.05) is 0 Å². The molecule has 0 aliphatic rings. The summed E-state index contributed by atoms with van der Waals surface area (Å²) in [5.74, 6) is 0. The molecule has 0 bridgehead atoms. The zero-order valence-corrected chi connectivity index (χ0v) is 5.46. The van der Waals surface area contributed by atoms with E-state index in [-0.39, 0.29) is 0 Å². The Hall–Kier alpha value is -1.11. The predicted molar refractivity (Wildman–Crippen MR) is 42.6 cm³/mol. The van der Waals surface area contributed by atoms with Gasteiger partial charge >= 0.3 is 0 Å². The molecule has 0 aromatic heterocycles. The highest BCUT2D eigenvalue weighted by Crippen LogP contribution is 1.77. The quantitative estimate of drug-likeness (QED) is 0.307. The Balaban J connectivity index is 3.33. The summed E-state index contributed by atoms with van der Waals surface area (Å²) in [4.78, 5) is 3.90. The fourth-order valence-corrected chi connectivity index (χ4v) is 0.307. The molecule has 0 unspecified atom stereocenters. The molecule has 0 saturated carbocycles. The van der Waals surface area contributed by atoms with Crippen LogP contribution in [-0.4, -0.2) is 6.21 Å². The number of hydrogen-bond donors (Lipinski definition) is 0. The van der Waals surface area contributed by atoms with Crippen LogP contribution in [0.2, 0.25) is 0 Å². The summed E-state index contributed by atoms with van der Waals surface area (Å²) in [6.07, 6.45) is 9.56. The molecule has 48 valence electrons. The molecular formula is C8H11N. The minimum Gasteiger partial charge on any atom is -0.269 e. The summed E-state index contributed by atoms with van der Waals surface area (Å²) in [7, 11) is 0. The van der Waals surface area contributed by atoms with Crippen LogP contribution in [0, 0.1) is 0 Å². The molecule has 0 aromatic carbocycles. The van der Waals surface area contributed by atoms with Crippen molar-refractivity contribution in [3.8, 4) is 0 Å². The van der Waals surface area contributed by atoms with Crippen molar-refractivity contribution in [3.63, 3.8) is 0 Å². The predicted octanol–water partition coefficient (Wildman–Crippen LogP) is 2.33. The van der Waals surface area contributed by atoms with Gasteiger partial charge in [0.1, 0.15) is 0 Å². The molecule has 0 amide bonds. The lowest BCUT2D eigenvalue weighted by Gasteiger charge is -1.74. The van der Waals surface area contributed by atoms with Gasteiger partial charge in [-0.3, -0.25) is 4.99 Å². The van der Waals surface area contributed by atoms with E-state index in [4.69, 9.17) is 0 Å². The lowest BCUT2D eigenvalue weighted by atomic mass is 10.5. The van der Waals surface area contributed by atoms with Gasteiger partial charge < -0.3 is 0 Å². The average Bonchev–Trinajstić information content (AvgIpc) is 1.89. The maximum absolute atomic E-state index is 3.90. The average molecular weight is 121 g/mol. The third-order valence-electron chi connectivity index (χ3n) is 0.686. The summed E-state index contributed by atoms with van der Waals surface area (Å²) in [5.41, 5.74) is 0.